The summed E-state index contributed by atoms with van der Waals surface area (Å²) < 4.78 is 49.7. The van der Waals surface area contributed by atoms with Gasteiger partial charge in [-0.05, 0) is 50.5 Å². The molecule has 1 aromatic heterocycles. The van der Waals surface area contributed by atoms with Gasteiger partial charge >= 0.3 is 0 Å². The number of sulfonamides is 1. The van der Waals surface area contributed by atoms with E-state index in [1.807, 2.05) is 6.92 Å². The van der Waals surface area contributed by atoms with Crippen LogP contribution in [0.3, 0.4) is 0 Å². The van der Waals surface area contributed by atoms with Crippen molar-refractivity contribution in [1.82, 2.24) is 19.7 Å². The Hall–Kier alpha value is -2.66. The molecule has 8 nitrogen and oxygen atoms in total. The van der Waals surface area contributed by atoms with Crippen LogP contribution < -0.4 is 4.72 Å². The molecule has 0 bridgehead atoms. The average Bonchev–Trinajstić information content (AvgIpc) is 3.27. The summed E-state index contributed by atoms with van der Waals surface area (Å²) in [5.41, 5.74) is 1.82. The fourth-order valence-corrected chi connectivity index (χ4v) is 5.24. The molecule has 0 saturated carbocycles. The van der Waals surface area contributed by atoms with Gasteiger partial charge in [-0.3, -0.25) is 4.68 Å². The number of benzene rings is 2. The van der Waals surface area contributed by atoms with Crippen molar-refractivity contribution in [3.63, 3.8) is 0 Å². The van der Waals surface area contributed by atoms with Crippen LogP contribution in [-0.4, -0.2) is 53.4 Å². The number of halogens is 1. The van der Waals surface area contributed by atoms with Crippen molar-refractivity contribution in [3.05, 3.63) is 66.1 Å². The molecular formula is C23H27FN4O4S. The van der Waals surface area contributed by atoms with E-state index in [2.05, 4.69) is 15.0 Å². The van der Waals surface area contributed by atoms with Crippen LogP contribution in [0.15, 0.2) is 59.6 Å². The summed E-state index contributed by atoms with van der Waals surface area (Å²) in [6.07, 6.45) is 2.65. The third kappa shape index (κ3) is 5.64. The summed E-state index contributed by atoms with van der Waals surface area (Å²) in [5, 5.41) is 17.9. The maximum Gasteiger partial charge on any atom is 0.240 e. The Kier molecular flexibility index (Phi) is 7.18. The van der Waals surface area contributed by atoms with Gasteiger partial charge in [0, 0.05) is 12.1 Å². The number of nitrogens with one attached hydrogen (secondary N) is 1. The van der Waals surface area contributed by atoms with E-state index in [4.69, 9.17) is 4.74 Å². The largest absolute Gasteiger partial charge is 0.394 e. The van der Waals surface area contributed by atoms with Crippen LogP contribution in [-0.2, 0) is 21.3 Å². The molecule has 176 valence electrons. The highest BCUT2D eigenvalue weighted by Gasteiger charge is 2.34. The van der Waals surface area contributed by atoms with Crippen molar-refractivity contribution in [3.8, 4) is 11.3 Å². The van der Waals surface area contributed by atoms with Crippen molar-refractivity contribution in [2.24, 2.45) is 0 Å². The Labute approximate surface area is 192 Å². The molecule has 1 saturated heterocycles. The SMILES string of the molecule is Cc1ccc(S(=O)(=O)N[C@@H]2CC[C@H](CCn3cc(-c4ccccc4F)nn3)O[C@H]2CO)cc1. The normalized spacial score (nSPS) is 21.2. The molecule has 10 heteroatoms. The summed E-state index contributed by atoms with van der Waals surface area (Å²) in [7, 11) is -3.71. The second-order valence-corrected chi connectivity index (χ2v) is 9.95. The zero-order chi connectivity index (χ0) is 23.4. The van der Waals surface area contributed by atoms with E-state index in [1.54, 1.807) is 53.3 Å². The van der Waals surface area contributed by atoms with Crippen molar-refractivity contribution in [2.45, 2.75) is 55.9 Å². The first kappa shape index (κ1) is 23.5. The Morgan fingerprint density at radius 3 is 2.67 bits per heavy atom. The quantitative estimate of drug-likeness (QED) is 0.520. The van der Waals surface area contributed by atoms with Crippen LogP contribution in [0.25, 0.3) is 11.3 Å². The molecule has 2 aromatic carbocycles. The van der Waals surface area contributed by atoms with Gasteiger partial charge in [-0.2, -0.15) is 0 Å². The number of hydrogen-bond donors (Lipinski definition) is 2. The number of aliphatic hydroxyl groups excluding tert-OH is 1. The summed E-state index contributed by atoms with van der Waals surface area (Å²) in [4.78, 5) is 0.184. The molecule has 3 atom stereocenters. The van der Waals surface area contributed by atoms with E-state index in [1.165, 1.54) is 6.07 Å². The molecule has 1 aliphatic rings. The second kappa shape index (κ2) is 10.1. The topological polar surface area (TPSA) is 106 Å². The molecule has 0 unspecified atom stereocenters. The minimum Gasteiger partial charge on any atom is -0.394 e. The number of rotatable bonds is 8. The fourth-order valence-electron chi connectivity index (χ4n) is 3.94. The van der Waals surface area contributed by atoms with Crippen LogP contribution in [0, 0.1) is 12.7 Å². The van der Waals surface area contributed by atoms with Gasteiger partial charge in [-0.1, -0.05) is 35.0 Å². The maximum atomic E-state index is 14.0. The van der Waals surface area contributed by atoms with E-state index in [-0.39, 0.29) is 23.4 Å². The third-order valence-corrected chi connectivity index (χ3v) is 7.31. The van der Waals surface area contributed by atoms with Gasteiger partial charge in [0.15, 0.2) is 0 Å². The van der Waals surface area contributed by atoms with Gasteiger partial charge in [-0.25, -0.2) is 17.5 Å². The number of nitrogens with zero attached hydrogens (tertiary/aromatic N) is 3. The molecular weight excluding hydrogens is 447 g/mol. The van der Waals surface area contributed by atoms with Gasteiger partial charge in [0.1, 0.15) is 11.5 Å². The summed E-state index contributed by atoms with van der Waals surface area (Å²) in [6, 6.07) is 12.5. The smallest absolute Gasteiger partial charge is 0.240 e. The Bertz CT molecular complexity index is 1180. The number of hydrogen-bond acceptors (Lipinski definition) is 6. The molecule has 2 heterocycles. The zero-order valence-electron chi connectivity index (χ0n) is 18.3. The number of aliphatic hydroxyl groups is 1. The highest BCUT2D eigenvalue weighted by atomic mass is 32.2. The molecule has 1 fully saturated rings. The van der Waals surface area contributed by atoms with Crippen molar-refractivity contribution >= 4 is 10.0 Å². The molecule has 0 amide bonds. The van der Waals surface area contributed by atoms with Crippen LogP contribution in [0.2, 0.25) is 0 Å². The average molecular weight is 475 g/mol. The first-order chi connectivity index (χ1) is 15.9. The van der Waals surface area contributed by atoms with E-state index in [9.17, 15) is 17.9 Å². The molecule has 0 aliphatic carbocycles. The van der Waals surface area contributed by atoms with Crippen LogP contribution in [0.5, 0.6) is 0 Å². The highest BCUT2D eigenvalue weighted by Crippen LogP contribution is 2.25. The summed E-state index contributed by atoms with van der Waals surface area (Å²) >= 11 is 0. The molecule has 2 N–H and O–H groups in total. The van der Waals surface area contributed by atoms with E-state index >= 15 is 0 Å². The highest BCUT2D eigenvalue weighted by molar-refractivity contribution is 7.89. The minimum absolute atomic E-state index is 0.164. The maximum absolute atomic E-state index is 14.0. The minimum atomic E-state index is -3.71. The van der Waals surface area contributed by atoms with Gasteiger partial charge in [0.2, 0.25) is 10.0 Å². The van der Waals surface area contributed by atoms with Crippen molar-refractivity contribution < 1.29 is 22.7 Å². The standard InChI is InChI=1S/C23H27FN4O4S/c1-16-6-9-18(10-7-16)33(30,31)26-21-11-8-17(32-23(21)15-29)12-13-28-14-22(25-27-28)19-4-2-3-5-20(19)24/h2-7,9-10,14,17,21,23,26,29H,8,11-13,15H2,1H3/t17-,21-,23+/m1/s1. The Balaban J connectivity index is 1.34. The molecule has 0 spiro atoms. The first-order valence-corrected chi connectivity index (χ1v) is 12.3. The van der Waals surface area contributed by atoms with E-state index in [0.717, 1.165) is 5.56 Å². The number of aryl methyl sites for hydroxylation is 2. The summed E-state index contributed by atoms with van der Waals surface area (Å²) in [6.45, 7) is 2.10. The molecule has 4 rings (SSSR count). The van der Waals surface area contributed by atoms with Crippen molar-refractivity contribution in [1.29, 1.82) is 0 Å². The summed E-state index contributed by atoms with van der Waals surface area (Å²) in [5.74, 6) is -0.356. The monoisotopic (exact) mass is 474 g/mol. The number of aromatic nitrogens is 3. The lowest BCUT2D eigenvalue weighted by atomic mass is 9.98. The predicted molar refractivity (Wildman–Crippen MR) is 120 cm³/mol. The van der Waals surface area contributed by atoms with Crippen LogP contribution in [0.1, 0.15) is 24.8 Å². The molecule has 33 heavy (non-hydrogen) atoms. The van der Waals surface area contributed by atoms with Gasteiger partial charge in [0.05, 0.1) is 35.9 Å². The van der Waals surface area contributed by atoms with Gasteiger partial charge in [-0.15, -0.1) is 5.10 Å². The van der Waals surface area contributed by atoms with Crippen LogP contribution >= 0.6 is 0 Å². The molecule has 3 aromatic rings. The van der Waals surface area contributed by atoms with Crippen molar-refractivity contribution in [2.75, 3.05) is 6.61 Å². The third-order valence-electron chi connectivity index (χ3n) is 5.80. The van der Waals surface area contributed by atoms with E-state index < -0.39 is 22.2 Å². The zero-order valence-corrected chi connectivity index (χ0v) is 19.1. The Morgan fingerprint density at radius 1 is 1.18 bits per heavy atom. The first-order valence-electron chi connectivity index (χ1n) is 10.9. The van der Waals surface area contributed by atoms with Gasteiger partial charge < -0.3 is 9.84 Å². The predicted octanol–water partition coefficient (Wildman–Crippen LogP) is 2.67. The Morgan fingerprint density at radius 2 is 1.94 bits per heavy atom. The van der Waals surface area contributed by atoms with Gasteiger partial charge in [0.25, 0.3) is 0 Å². The lowest BCUT2D eigenvalue weighted by Crippen LogP contribution is -2.50. The van der Waals surface area contributed by atoms with E-state index in [0.29, 0.717) is 37.1 Å². The molecule has 1 aliphatic heterocycles. The van der Waals surface area contributed by atoms with Crippen LogP contribution in [0.4, 0.5) is 4.39 Å². The lowest BCUT2D eigenvalue weighted by Gasteiger charge is -2.36. The molecule has 0 radical (unpaired) electrons. The lowest BCUT2D eigenvalue weighted by molar-refractivity contribution is -0.0891. The number of ether oxygens (including phenoxy) is 1. The fraction of sp³-hybridized carbons (Fsp3) is 0.391. The second-order valence-electron chi connectivity index (χ2n) is 8.23.